The zero-order valence-corrected chi connectivity index (χ0v) is 16.7. The van der Waals surface area contributed by atoms with Crippen molar-refractivity contribution in [1.29, 1.82) is 0 Å². The van der Waals surface area contributed by atoms with Crippen molar-refractivity contribution >= 4 is 11.9 Å². The summed E-state index contributed by atoms with van der Waals surface area (Å²) in [5.41, 5.74) is 2.43. The molecule has 1 unspecified atom stereocenters. The molecule has 2 aromatic rings. The number of hydrogen-bond donors (Lipinski definition) is 1. The molecule has 1 aromatic heterocycles. The lowest BCUT2D eigenvalue weighted by molar-refractivity contribution is -0.149. The van der Waals surface area contributed by atoms with Gasteiger partial charge in [-0.3, -0.25) is 14.5 Å². The fourth-order valence-corrected chi connectivity index (χ4v) is 3.58. The van der Waals surface area contributed by atoms with Gasteiger partial charge in [-0.05, 0) is 37.0 Å². The van der Waals surface area contributed by atoms with Gasteiger partial charge in [0.15, 0.2) is 5.96 Å². The number of aromatic nitrogens is 2. The quantitative estimate of drug-likeness (QED) is 0.471. The van der Waals surface area contributed by atoms with E-state index in [9.17, 15) is 4.79 Å². The summed E-state index contributed by atoms with van der Waals surface area (Å²) in [6, 6.07) is 10.3. The SMILES string of the molecule is CCOC(=O)C1CCCN(C(=NC)NCc2ccccc2Cn2cccn2)C1. The summed E-state index contributed by atoms with van der Waals surface area (Å²) >= 11 is 0. The molecule has 7 heteroatoms. The first-order valence-corrected chi connectivity index (χ1v) is 9.87. The Kier molecular flexibility index (Phi) is 7.06. The van der Waals surface area contributed by atoms with E-state index in [0.29, 0.717) is 19.7 Å². The molecule has 0 spiro atoms. The highest BCUT2D eigenvalue weighted by Crippen LogP contribution is 2.18. The summed E-state index contributed by atoms with van der Waals surface area (Å²) in [7, 11) is 1.78. The van der Waals surface area contributed by atoms with Crippen LogP contribution in [0.1, 0.15) is 30.9 Å². The van der Waals surface area contributed by atoms with Gasteiger partial charge in [0.2, 0.25) is 0 Å². The molecule has 3 rings (SSSR count). The molecular weight excluding hydrogens is 354 g/mol. The van der Waals surface area contributed by atoms with Crippen LogP contribution >= 0.6 is 0 Å². The lowest BCUT2D eigenvalue weighted by atomic mass is 9.98. The number of rotatable bonds is 6. The van der Waals surface area contributed by atoms with Gasteiger partial charge in [-0.1, -0.05) is 24.3 Å². The predicted octanol–water partition coefficient (Wildman–Crippen LogP) is 2.28. The van der Waals surface area contributed by atoms with Crippen LogP contribution in [0, 0.1) is 5.92 Å². The number of carbonyl (C=O) groups is 1. The Morgan fingerprint density at radius 1 is 1.32 bits per heavy atom. The van der Waals surface area contributed by atoms with E-state index >= 15 is 0 Å². The van der Waals surface area contributed by atoms with Crippen molar-refractivity contribution in [3.8, 4) is 0 Å². The second kappa shape index (κ2) is 9.92. The minimum atomic E-state index is -0.104. The van der Waals surface area contributed by atoms with Crippen LogP contribution in [0.25, 0.3) is 0 Å². The molecule has 1 saturated heterocycles. The second-order valence-corrected chi connectivity index (χ2v) is 6.91. The van der Waals surface area contributed by atoms with Crippen molar-refractivity contribution in [3.05, 3.63) is 53.9 Å². The number of likely N-dealkylation sites (tertiary alicyclic amines) is 1. The smallest absolute Gasteiger partial charge is 0.310 e. The van der Waals surface area contributed by atoms with Crippen molar-refractivity contribution in [1.82, 2.24) is 20.0 Å². The molecule has 0 saturated carbocycles. The van der Waals surface area contributed by atoms with Crippen LogP contribution in [0.5, 0.6) is 0 Å². The highest BCUT2D eigenvalue weighted by atomic mass is 16.5. The molecule has 1 fully saturated rings. The summed E-state index contributed by atoms with van der Waals surface area (Å²) in [6.45, 7) is 5.22. The van der Waals surface area contributed by atoms with Crippen LogP contribution in [0.3, 0.4) is 0 Å². The molecule has 1 aliphatic rings. The van der Waals surface area contributed by atoms with Gasteiger partial charge >= 0.3 is 5.97 Å². The fourth-order valence-electron chi connectivity index (χ4n) is 3.58. The van der Waals surface area contributed by atoms with Crippen LogP contribution in [-0.2, 0) is 22.6 Å². The van der Waals surface area contributed by atoms with Gasteiger partial charge in [-0.15, -0.1) is 0 Å². The Balaban J connectivity index is 1.62. The number of carbonyl (C=O) groups excluding carboxylic acids is 1. The van der Waals surface area contributed by atoms with Gasteiger partial charge in [0.1, 0.15) is 0 Å². The molecule has 7 nitrogen and oxygen atoms in total. The topological polar surface area (TPSA) is 71.8 Å². The van der Waals surface area contributed by atoms with Crippen molar-refractivity contribution in [2.45, 2.75) is 32.9 Å². The summed E-state index contributed by atoms with van der Waals surface area (Å²) in [5.74, 6) is 0.634. The Hall–Kier alpha value is -2.83. The van der Waals surface area contributed by atoms with E-state index in [1.165, 1.54) is 11.1 Å². The Labute approximate surface area is 166 Å². The maximum absolute atomic E-state index is 12.1. The van der Waals surface area contributed by atoms with Gasteiger partial charge in [0.05, 0.1) is 19.1 Å². The van der Waals surface area contributed by atoms with E-state index in [4.69, 9.17) is 4.74 Å². The second-order valence-electron chi connectivity index (χ2n) is 6.91. The maximum atomic E-state index is 12.1. The lowest BCUT2D eigenvalue weighted by Gasteiger charge is -2.34. The molecule has 0 amide bonds. The van der Waals surface area contributed by atoms with Crippen LogP contribution in [-0.4, -0.2) is 53.4 Å². The summed E-state index contributed by atoms with van der Waals surface area (Å²) in [5, 5.41) is 7.76. The molecule has 0 radical (unpaired) electrons. The third kappa shape index (κ3) is 5.12. The number of nitrogens with zero attached hydrogens (tertiary/aromatic N) is 4. The van der Waals surface area contributed by atoms with Crippen LogP contribution in [0.2, 0.25) is 0 Å². The number of hydrogen-bond acceptors (Lipinski definition) is 4. The molecular formula is C21H29N5O2. The predicted molar refractivity (Wildman–Crippen MR) is 109 cm³/mol. The number of aliphatic imine (C=N–C) groups is 1. The molecule has 1 aliphatic heterocycles. The number of guanidine groups is 1. The minimum Gasteiger partial charge on any atom is -0.466 e. The van der Waals surface area contributed by atoms with Gasteiger partial charge < -0.3 is 15.0 Å². The number of esters is 1. The third-order valence-electron chi connectivity index (χ3n) is 5.00. The van der Waals surface area contributed by atoms with Gasteiger partial charge in [-0.25, -0.2) is 0 Å². The van der Waals surface area contributed by atoms with E-state index in [1.54, 1.807) is 13.2 Å². The number of piperidine rings is 1. The van der Waals surface area contributed by atoms with Crippen LogP contribution in [0.4, 0.5) is 0 Å². The lowest BCUT2D eigenvalue weighted by Crippen LogP contribution is -2.48. The average Bonchev–Trinajstić information content (AvgIpc) is 3.23. The molecule has 0 bridgehead atoms. The van der Waals surface area contributed by atoms with Crippen LogP contribution in [0.15, 0.2) is 47.7 Å². The normalized spacial score (nSPS) is 17.4. The highest BCUT2D eigenvalue weighted by molar-refractivity contribution is 5.81. The van der Waals surface area contributed by atoms with Gasteiger partial charge in [-0.2, -0.15) is 5.10 Å². The minimum absolute atomic E-state index is 0.0839. The van der Waals surface area contributed by atoms with E-state index in [2.05, 4.69) is 32.4 Å². The Morgan fingerprint density at radius 2 is 2.14 bits per heavy atom. The van der Waals surface area contributed by atoms with E-state index in [0.717, 1.165) is 31.9 Å². The molecule has 2 heterocycles. The molecule has 0 aliphatic carbocycles. The monoisotopic (exact) mass is 383 g/mol. The third-order valence-corrected chi connectivity index (χ3v) is 5.00. The van der Waals surface area contributed by atoms with Gasteiger partial charge in [0.25, 0.3) is 0 Å². The summed E-state index contributed by atoms with van der Waals surface area (Å²) in [4.78, 5) is 18.7. The fraction of sp³-hybridized carbons (Fsp3) is 0.476. The summed E-state index contributed by atoms with van der Waals surface area (Å²) in [6.07, 6.45) is 5.59. The summed E-state index contributed by atoms with van der Waals surface area (Å²) < 4.78 is 7.12. The first-order chi connectivity index (χ1) is 13.7. The Bertz CT molecular complexity index is 788. The van der Waals surface area contributed by atoms with E-state index in [-0.39, 0.29) is 11.9 Å². The number of benzene rings is 1. The molecule has 1 N–H and O–H groups in total. The van der Waals surface area contributed by atoms with Crippen molar-refractivity contribution < 1.29 is 9.53 Å². The molecule has 1 atom stereocenters. The standard InChI is InChI=1S/C21H29N5O2/c1-3-28-20(27)19-10-6-12-25(15-19)21(22-2)23-14-17-8-4-5-9-18(17)16-26-13-7-11-24-26/h4-5,7-9,11,13,19H,3,6,10,12,14-16H2,1-2H3,(H,22,23). The number of nitrogens with one attached hydrogen (secondary N) is 1. The highest BCUT2D eigenvalue weighted by Gasteiger charge is 2.28. The Morgan fingerprint density at radius 3 is 2.86 bits per heavy atom. The van der Waals surface area contributed by atoms with Gasteiger partial charge in [0, 0.05) is 39.1 Å². The number of ether oxygens (including phenoxy) is 1. The largest absolute Gasteiger partial charge is 0.466 e. The molecule has 28 heavy (non-hydrogen) atoms. The van der Waals surface area contributed by atoms with E-state index in [1.807, 2.05) is 36.0 Å². The average molecular weight is 383 g/mol. The molecule has 1 aromatic carbocycles. The van der Waals surface area contributed by atoms with Crippen molar-refractivity contribution in [2.24, 2.45) is 10.9 Å². The molecule has 150 valence electrons. The zero-order chi connectivity index (χ0) is 19.8. The first-order valence-electron chi connectivity index (χ1n) is 9.87. The van der Waals surface area contributed by atoms with E-state index < -0.39 is 0 Å². The van der Waals surface area contributed by atoms with Crippen molar-refractivity contribution in [3.63, 3.8) is 0 Å². The van der Waals surface area contributed by atoms with Crippen LogP contribution < -0.4 is 5.32 Å². The first kappa shape index (κ1) is 19.9. The van der Waals surface area contributed by atoms with Crippen molar-refractivity contribution in [2.75, 3.05) is 26.7 Å². The zero-order valence-electron chi connectivity index (χ0n) is 16.7. The maximum Gasteiger partial charge on any atom is 0.310 e.